The second kappa shape index (κ2) is 6.04. The van der Waals surface area contributed by atoms with Gasteiger partial charge >= 0.3 is 6.03 Å². The number of urea groups is 1. The second-order valence-electron chi connectivity index (χ2n) is 6.23. The first-order valence-electron chi connectivity index (χ1n) is 7.80. The summed E-state index contributed by atoms with van der Waals surface area (Å²) < 4.78 is 1.63. The quantitative estimate of drug-likeness (QED) is 0.704. The fraction of sp³-hybridized carbons (Fsp3) is 0.294. The fourth-order valence-electron chi connectivity index (χ4n) is 3.05. The van der Waals surface area contributed by atoms with Crippen molar-refractivity contribution in [2.75, 3.05) is 6.54 Å². The fourth-order valence-corrected chi connectivity index (χ4v) is 3.05. The van der Waals surface area contributed by atoms with Gasteiger partial charge in [-0.2, -0.15) is 0 Å². The number of hydrogen-bond acceptors (Lipinski definition) is 4. The summed E-state index contributed by atoms with van der Waals surface area (Å²) in [7, 11) is 1.72. The van der Waals surface area contributed by atoms with Crippen molar-refractivity contribution in [1.82, 2.24) is 25.5 Å². The van der Waals surface area contributed by atoms with Crippen molar-refractivity contribution in [3.63, 3.8) is 0 Å². The summed E-state index contributed by atoms with van der Waals surface area (Å²) in [5, 5.41) is 7.54. The molecule has 0 saturated carbocycles. The van der Waals surface area contributed by atoms with E-state index < -0.39 is 17.5 Å². The van der Waals surface area contributed by atoms with Crippen LogP contribution in [0.15, 0.2) is 30.6 Å². The molecule has 1 saturated heterocycles. The first-order chi connectivity index (χ1) is 11.8. The molecule has 3 N–H and O–H groups in total. The van der Waals surface area contributed by atoms with Gasteiger partial charge in [0.05, 0.1) is 6.54 Å². The number of amides is 4. The number of aryl methyl sites for hydroxylation is 3. The van der Waals surface area contributed by atoms with E-state index in [-0.39, 0.29) is 12.5 Å². The molecule has 1 aliphatic heterocycles. The Balaban J connectivity index is 1.87. The van der Waals surface area contributed by atoms with Crippen LogP contribution >= 0.6 is 0 Å². The highest BCUT2D eigenvalue weighted by Crippen LogP contribution is 2.22. The molecule has 1 aromatic heterocycles. The Bertz CT molecular complexity index is 853. The molecule has 1 aliphatic rings. The highest BCUT2D eigenvalue weighted by atomic mass is 16.2. The number of aromatic nitrogens is 2. The van der Waals surface area contributed by atoms with E-state index >= 15 is 0 Å². The van der Waals surface area contributed by atoms with Gasteiger partial charge in [-0.15, -0.1) is 0 Å². The number of imide groups is 1. The molecule has 0 aliphatic carbocycles. The first kappa shape index (κ1) is 16.7. The standard InChI is InChI=1S/C17H19N5O3/c1-10-6-11(2)8-12(7-10)13(23)19-9-17(14-18-4-5-22(14)3)15(24)20-16(25)21-17/h4-8H,9H2,1-3H3,(H,19,23)(H2,20,21,24,25). The molecule has 2 aromatic rings. The van der Waals surface area contributed by atoms with Crippen LogP contribution in [0.2, 0.25) is 0 Å². The molecule has 0 spiro atoms. The number of benzene rings is 1. The van der Waals surface area contributed by atoms with Gasteiger partial charge in [0.2, 0.25) is 0 Å². The maximum atomic E-state index is 12.5. The summed E-state index contributed by atoms with van der Waals surface area (Å²) >= 11 is 0. The van der Waals surface area contributed by atoms with Crippen LogP contribution in [0.25, 0.3) is 0 Å². The molecule has 1 atom stereocenters. The molecule has 1 aromatic carbocycles. The van der Waals surface area contributed by atoms with E-state index in [9.17, 15) is 14.4 Å². The Morgan fingerprint density at radius 2 is 1.92 bits per heavy atom. The van der Waals surface area contributed by atoms with Crippen LogP contribution in [0.5, 0.6) is 0 Å². The Hall–Kier alpha value is -3.16. The van der Waals surface area contributed by atoms with Crippen LogP contribution < -0.4 is 16.0 Å². The zero-order chi connectivity index (χ0) is 18.2. The SMILES string of the molecule is Cc1cc(C)cc(C(=O)NCC2(c3nccn3C)NC(=O)NC2=O)c1. The summed E-state index contributed by atoms with van der Waals surface area (Å²) in [6, 6.07) is 4.89. The molecular formula is C17H19N5O3. The number of nitrogens with zero attached hydrogens (tertiary/aromatic N) is 2. The maximum Gasteiger partial charge on any atom is 0.322 e. The minimum atomic E-state index is -1.44. The summed E-state index contributed by atoms with van der Waals surface area (Å²) in [5.74, 6) is -0.529. The summed E-state index contributed by atoms with van der Waals surface area (Å²) in [5.41, 5.74) is 0.994. The van der Waals surface area contributed by atoms with Crippen LogP contribution in [0.4, 0.5) is 4.79 Å². The second-order valence-corrected chi connectivity index (χ2v) is 6.23. The number of nitrogens with one attached hydrogen (secondary N) is 3. The van der Waals surface area contributed by atoms with Gasteiger partial charge in [0.1, 0.15) is 5.82 Å². The van der Waals surface area contributed by atoms with Gasteiger partial charge in [-0.1, -0.05) is 17.2 Å². The lowest BCUT2D eigenvalue weighted by Gasteiger charge is -2.25. The molecule has 8 heteroatoms. The molecule has 4 amide bonds. The zero-order valence-electron chi connectivity index (χ0n) is 14.2. The normalized spacial score (nSPS) is 19.5. The Morgan fingerprint density at radius 3 is 2.44 bits per heavy atom. The van der Waals surface area contributed by atoms with Crippen molar-refractivity contribution in [3.8, 4) is 0 Å². The molecule has 0 radical (unpaired) electrons. The molecule has 2 heterocycles. The van der Waals surface area contributed by atoms with E-state index in [1.54, 1.807) is 29.9 Å². The Labute approximate surface area is 144 Å². The molecule has 1 fully saturated rings. The number of carbonyl (C=O) groups excluding carboxylic acids is 3. The average Bonchev–Trinajstić information content (AvgIpc) is 3.07. The monoisotopic (exact) mass is 341 g/mol. The highest BCUT2D eigenvalue weighted by Gasteiger charge is 2.50. The number of hydrogen-bond donors (Lipinski definition) is 3. The van der Waals surface area contributed by atoms with Crippen LogP contribution in [0.1, 0.15) is 27.3 Å². The van der Waals surface area contributed by atoms with Crippen molar-refractivity contribution in [3.05, 3.63) is 53.1 Å². The van der Waals surface area contributed by atoms with E-state index in [1.807, 2.05) is 19.9 Å². The Kier molecular flexibility index (Phi) is 4.03. The summed E-state index contributed by atoms with van der Waals surface area (Å²) in [6.07, 6.45) is 3.20. The van der Waals surface area contributed by atoms with Gasteiger partial charge in [0.15, 0.2) is 5.54 Å². The first-order valence-corrected chi connectivity index (χ1v) is 7.80. The number of imidazole rings is 1. The molecule has 25 heavy (non-hydrogen) atoms. The molecular weight excluding hydrogens is 322 g/mol. The van der Waals surface area contributed by atoms with E-state index in [4.69, 9.17) is 0 Å². The van der Waals surface area contributed by atoms with E-state index in [0.717, 1.165) is 11.1 Å². The minimum Gasteiger partial charge on any atom is -0.349 e. The van der Waals surface area contributed by atoms with Crippen LogP contribution in [0.3, 0.4) is 0 Å². The largest absolute Gasteiger partial charge is 0.349 e. The van der Waals surface area contributed by atoms with Gasteiger partial charge in [0.25, 0.3) is 11.8 Å². The third-order valence-corrected chi connectivity index (χ3v) is 4.14. The minimum absolute atomic E-state index is 0.110. The van der Waals surface area contributed by atoms with Gasteiger partial charge in [-0.3, -0.25) is 14.9 Å². The maximum absolute atomic E-state index is 12.5. The topological polar surface area (TPSA) is 105 Å². The molecule has 3 rings (SSSR count). The summed E-state index contributed by atoms with van der Waals surface area (Å²) in [6.45, 7) is 3.70. The third kappa shape index (κ3) is 2.98. The lowest BCUT2D eigenvalue weighted by Crippen LogP contribution is -2.54. The van der Waals surface area contributed by atoms with Crippen molar-refractivity contribution in [2.24, 2.45) is 7.05 Å². The predicted molar refractivity (Wildman–Crippen MR) is 89.8 cm³/mol. The molecule has 8 nitrogen and oxygen atoms in total. The van der Waals surface area contributed by atoms with Crippen molar-refractivity contribution in [1.29, 1.82) is 0 Å². The van der Waals surface area contributed by atoms with Crippen LogP contribution in [0, 0.1) is 13.8 Å². The third-order valence-electron chi connectivity index (χ3n) is 4.14. The lowest BCUT2D eigenvalue weighted by molar-refractivity contribution is -0.124. The van der Waals surface area contributed by atoms with Crippen molar-refractivity contribution in [2.45, 2.75) is 19.4 Å². The van der Waals surface area contributed by atoms with Gasteiger partial charge in [-0.05, 0) is 26.0 Å². The van der Waals surface area contributed by atoms with Crippen molar-refractivity contribution >= 4 is 17.8 Å². The van der Waals surface area contributed by atoms with Crippen LogP contribution in [-0.4, -0.2) is 33.9 Å². The Morgan fingerprint density at radius 1 is 1.24 bits per heavy atom. The summed E-state index contributed by atoms with van der Waals surface area (Å²) in [4.78, 5) is 40.8. The van der Waals surface area contributed by atoms with Crippen molar-refractivity contribution < 1.29 is 14.4 Å². The van der Waals surface area contributed by atoms with E-state index in [2.05, 4.69) is 20.9 Å². The van der Waals surface area contributed by atoms with Gasteiger partial charge < -0.3 is 15.2 Å². The van der Waals surface area contributed by atoms with Gasteiger partial charge in [-0.25, -0.2) is 9.78 Å². The molecule has 0 bridgehead atoms. The number of carbonyl (C=O) groups is 3. The molecule has 130 valence electrons. The van der Waals surface area contributed by atoms with Gasteiger partial charge in [0, 0.05) is 25.0 Å². The number of rotatable bonds is 4. The molecule has 1 unspecified atom stereocenters. The lowest BCUT2D eigenvalue weighted by atomic mass is 9.98. The highest BCUT2D eigenvalue weighted by molar-refractivity contribution is 6.07. The van der Waals surface area contributed by atoms with E-state index in [0.29, 0.717) is 11.4 Å². The zero-order valence-corrected chi connectivity index (χ0v) is 14.2. The van der Waals surface area contributed by atoms with E-state index in [1.165, 1.54) is 6.20 Å². The van der Waals surface area contributed by atoms with Crippen LogP contribution in [-0.2, 0) is 17.4 Å². The average molecular weight is 341 g/mol. The smallest absolute Gasteiger partial charge is 0.322 e. The predicted octanol–water partition coefficient (Wildman–Crippen LogP) is 0.502.